The van der Waals surface area contributed by atoms with Gasteiger partial charge in [0.2, 0.25) is 5.91 Å². The second kappa shape index (κ2) is 11.4. The van der Waals surface area contributed by atoms with Gasteiger partial charge in [-0.25, -0.2) is 9.59 Å². The van der Waals surface area contributed by atoms with Gasteiger partial charge in [-0.1, -0.05) is 0 Å². The van der Waals surface area contributed by atoms with Crippen LogP contribution in [0.2, 0.25) is 0 Å². The van der Waals surface area contributed by atoms with E-state index in [9.17, 15) is 19.2 Å². The fourth-order valence-corrected chi connectivity index (χ4v) is 4.78. The summed E-state index contributed by atoms with van der Waals surface area (Å²) in [4.78, 5) is 50.0. The number of fused-ring (bicyclic) bond motifs is 1. The van der Waals surface area contributed by atoms with Crippen molar-refractivity contribution in [2.45, 2.75) is 52.1 Å². The zero-order valence-corrected chi connectivity index (χ0v) is 19.8. The smallest absolute Gasteiger partial charge is 0.341 e. The molecule has 1 aliphatic rings. The maximum Gasteiger partial charge on any atom is 0.341 e. The first-order valence-corrected chi connectivity index (χ1v) is 11.7. The van der Waals surface area contributed by atoms with E-state index >= 15 is 0 Å². The topological polar surface area (TPSA) is 135 Å². The zero-order valence-electron chi connectivity index (χ0n) is 18.9. The van der Waals surface area contributed by atoms with E-state index < -0.39 is 30.4 Å². The summed E-state index contributed by atoms with van der Waals surface area (Å²) in [7, 11) is 0. The summed E-state index contributed by atoms with van der Waals surface area (Å²) in [5.41, 5.74) is 1.94. The predicted molar refractivity (Wildman–Crippen MR) is 126 cm³/mol. The minimum absolute atomic E-state index is 0.193. The van der Waals surface area contributed by atoms with Crippen LogP contribution in [-0.2, 0) is 31.9 Å². The number of hydrogen-bond donors (Lipinski definition) is 2. The quantitative estimate of drug-likeness (QED) is 0.545. The number of anilines is 2. The fraction of sp³-hybridized carbons (Fsp3) is 0.375. The number of nitrogens with zero attached hydrogens (tertiary/aromatic N) is 1. The van der Waals surface area contributed by atoms with Crippen molar-refractivity contribution >= 4 is 45.8 Å². The summed E-state index contributed by atoms with van der Waals surface area (Å²) in [6.45, 7) is 3.00. The third-order valence-corrected chi connectivity index (χ3v) is 6.16. The van der Waals surface area contributed by atoms with Crippen molar-refractivity contribution in [3.05, 3.63) is 45.8 Å². The van der Waals surface area contributed by atoms with Crippen LogP contribution in [0.15, 0.2) is 24.3 Å². The van der Waals surface area contributed by atoms with E-state index in [0.717, 1.165) is 36.1 Å². The van der Waals surface area contributed by atoms with E-state index in [0.29, 0.717) is 16.3 Å². The van der Waals surface area contributed by atoms with E-state index in [1.807, 2.05) is 0 Å². The molecule has 2 amide bonds. The molecule has 1 aromatic carbocycles. The van der Waals surface area contributed by atoms with Crippen LogP contribution in [0.3, 0.4) is 0 Å². The molecule has 34 heavy (non-hydrogen) atoms. The van der Waals surface area contributed by atoms with Gasteiger partial charge < -0.3 is 20.1 Å². The molecule has 2 aromatic rings. The highest BCUT2D eigenvalue weighted by atomic mass is 32.1. The molecule has 0 bridgehead atoms. The minimum Gasteiger partial charge on any atom is -0.459 e. The Morgan fingerprint density at radius 1 is 1.03 bits per heavy atom. The first-order chi connectivity index (χ1) is 16.3. The summed E-state index contributed by atoms with van der Waals surface area (Å²) in [6.07, 6.45) is 3.03. The Labute approximate surface area is 201 Å². The number of hydrogen-bond acceptors (Lipinski definition) is 8. The van der Waals surface area contributed by atoms with Crippen LogP contribution < -0.4 is 10.6 Å². The van der Waals surface area contributed by atoms with Crippen molar-refractivity contribution in [2.75, 3.05) is 17.2 Å². The average molecular weight is 484 g/mol. The third kappa shape index (κ3) is 6.42. The number of ether oxygens (including phenoxy) is 2. The molecule has 3 rings (SSSR count). The number of nitrogens with one attached hydrogen (secondary N) is 2. The van der Waals surface area contributed by atoms with Crippen LogP contribution in [0.25, 0.3) is 0 Å². The first kappa shape index (κ1) is 24.9. The van der Waals surface area contributed by atoms with E-state index in [4.69, 9.17) is 14.7 Å². The van der Waals surface area contributed by atoms with Gasteiger partial charge in [0.1, 0.15) is 11.4 Å². The Balaban J connectivity index is 1.61. The monoisotopic (exact) mass is 483 g/mol. The van der Waals surface area contributed by atoms with Crippen molar-refractivity contribution in [1.82, 2.24) is 0 Å². The number of amides is 2. The molecule has 0 saturated carbocycles. The summed E-state index contributed by atoms with van der Waals surface area (Å²) < 4.78 is 10.5. The second-order valence-corrected chi connectivity index (χ2v) is 9.06. The first-order valence-electron chi connectivity index (χ1n) is 10.9. The number of thiophene rings is 1. The Morgan fingerprint density at radius 3 is 2.41 bits per heavy atom. The highest BCUT2D eigenvalue weighted by Gasteiger charge is 2.28. The summed E-state index contributed by atoms with van der Waals surface area (Å²) >= 11 is 1.36. The fourth-order valence-electron chi connectivity index (χ4n) is 3.49. The second-order valence-electron chi connectivity index (χ2n) is 7.95. The van der Waals surface area contributed by atoms with Crippen molar-refractivity contribution in [3.63, 3.8) is 0 Å². The molecule has 0 unspecified atom stereocenters. The largest absolute Gasteiger partial charge is 0.459 e. The van der Waals surface area contributed by atoms with Crippen molar-refractivity contribution in [1.29, 1.82) is 5.26 Å². The number of esters is 2. The van der Waals surface area contributed by atoms with Gasteiger partial charge in [0.05, 0.1) is 23.3 Å². The Bertz CT molecular complexity index is 1130. The lowest BCUT2D eigenvalue weighted by atomic mass is 9.95. The number of benzene rings is 1. The van der Waals surface area contributed by atoms with Gasteiger partial charge in [-0.15, -0.1) is 11.3 Å². The van der Waals surface area contributed by atoms with Gasteiger partial charge in [0.15, 0.2) is 6.61 Å². The molecular weight excluding hydrogens is 458 g/mol. The highest BCUT2D eigenvalue weighted by Crippen LogP contribution is 2.38. The van der Waals surface area contributed by atoms with Gasteiger partial charge in [-0.05, 0) is 69.4 Å². The lowest BCUT2D eigenvalue weighted by molar-refractivity contribution is -0.119. The molecule has 9 nitrogen and oxygen atoms in total. The number of carbonyl (C=O) groups excluding carboxylic acids is 4. The van der Waals surface area contributed by atoms with Gasteiger partial charge in [-0.2, -0.15) is 5.26 Å². The van der Waals surface area contributed by atoms with Gasteiger partial charge >= 0.3 is 11.9 Å². The van der Waals surface area contributed by atoms with Crippen LogP contribution in [-0.4, -0.2) is 36.5 Å². The summed E-state index contributed by atoms with van der Waals surface area (Å²) in [5.74, 6) is -2.20. The molecule has 1 aromatic heterocycles. The molecule has 1 aliphatic carbocycles. The molecule has 0 fully saturated rings. The lowest BCUT2D eigenvalue weighted by Gasteiger charge is -2.14. The van der Waals surface area contributed by atoms with Gasteiger partial charge in [-0.3, -0.25) is 9.59 Å². The molecule has 1 heterocycles. The maximum atomic E-state index is 12.7. The van der Waals surface area contributed by atoms with E-state index in [2.05, 4.69) is 10.6 Å². The Morgan fingerprint density at radius 2 is 1.74 bits per heavy atom. The standard InChI is InChI=1S/C24H25N3O6S/c1-14(2)33-24(31)21-17-5-3-4-6-18(17)34-22(21)27-20(29)13-32-23(30)15-7-9-16(10-8-15)26-19(28)11-12-25/h7-10,14H,3-6,11,13H2,1-2H3,(H,26,28)(H,27,29). The molecule has 0 spiro atoms. The van der Waals surface area contributed by atoms with Crippen LogP contribution in [0.4, 0.5) is 10.7 Å². The molecule has 0 radical (unpaired) electrons. The van der Waals surface area contributed by atoms with Crippen LogP contribution in [0.1, 0.15) is 64.3 Å². The third-order valence-electron chi connectivity index (χ3n) is 4.95. The van der Waals surface area contributed by atoms with Crippen LogP contribution in [0, 0.1) is 11.3 Å². The SMILES string of the molecule is CC(C)OC(=O)c1c(NC(=O)COC(=O)c2ccc(NC(=O)CC#N)cc2)sc2c1CCCC2. The maximum absolute atomic E-state index is 12.7. The molecule has 0 atom stereocenters. The molecule has 10 heteroatoms. The summed E-state index contributed by atoms with van der Waals surface area (Å²) in [6, 6.07) is 7.61. The van der Waals surface area contributed by atoms with E-state index in [-0.39, 0.29) is 18.1 Å². The lowest BCUT2D eigenvalue weighted by Crippen LogP contribution is -2.22. The number of carbonyl (C=O) groups is 4. The normalized spacial score (nSPS) is 12.3. The predicted octanol–water partition coefficient (Wildman–Crippen LogP) is 3.84. The number of nitriles is 1. The average Bonchev–Trinajstić information content (AvgIpc) is 3.15. The van der Waals surface area contributed by atoms with Crippen molar-refractivity contribution in [3.8, 4) is 6.07 Å². The molecule has 0 saturated heterocycles. The summed E-state index contributed by atoms with van der Waals surface area (Å²) in [5, 5.41) is 14.2. The Hall–Kier alpha value is -3.71. The van der Waals surface area contributed by atoms with Crippen LogP contribution in [0.5, 0.6) is 0 Å². The minimum atomic E-state index is -0.713. The highest BCUT2D eigenvalue weighted by molar-refractivity contribution is 7.17. The van der Waals surface area contributed by atoms with Crippen molar-refractivity contribution in [2.24, 2.45) is 0 Å². The molecule has 2 N–H and O–H groups in total. The van der Waals surface area contributed by atoms with Crippen LogP contribution >= 0.6 is 11.3 Å². The number of aryl methyl sites for hydroxylation is 1. The van der Waals surface area contributed by atoms with Crippen molar-refractivity contribution < 1.29 is 28.7 Å². The van der Waals surface area contributed by atoms with Gasteiger partial charge in [0.25, 0.3) is 5.91 Å². The number of rotatable bonds is 8. The Kier molecular flexibility index (Phi) is 8.38. The van der Waals surface area contributed by atoms with Gasteiger partial charge in [0, 0.05) is 10.6 Å². The molecule has 0 aliphatic heterocycles. The zero-order chi connectivity index (χ0) is 24.7. The van der Waals surface area contributed by atoms with E-state index in [1.54, 1.807) is 19.9 Å². The molecular formula is C24H25N3O6S. The molecule has 178 valence electrons. The van der Waals surface area contributed by atoms with E-state index in [1.165, 1.54) is 35.6 Å².